The third-order valence-corrected chi connectivity index (χ3v) is 4.39. The second-order valence-corrected chi connectivity index (χ2v) is 6.06. The third-order valence-electron chi connectivity index (χ3n) is 4.39. The van der Waals surface area contributed by atoms with Gasteiger partial charge in [0.1, 0.15) is 5.76 Å². The third kappa shape index (κ3) is 5.86. The topological polar surface area (TPSA) is 80.0 Å². The van der Waals surface area contributed by atoms with Crippen molar-refractivity contribution in [1.82, 2.24) is 15.4 Å². The van der Waals surface area contributed by atoms with Gasteiger partial charge in [0.05, 0.1) is 18.2 Å². The van der Waals surface area contributed by atoms with Gasteiger partial charge in [-0.2, -0.15) is 0 Å². The van der Waals surface area contributed by atoms with Gasteiger partial charge in [-0.05, 0) is 40.0 Å². The van der Waals surface area contributed by atoms with Crippen molar-refractivity contribution in [2.45, 2.75) is 40.0 Å². The fraction of sp³-hybridized carbons (Fsp3) is 0.706. The zero-order valence-corrected chi connectivity index (χ0v) is 17.8. The van der Waals surface area contributed by atoms with Gasteiger partial charge in [0.25, 0.3) is 0 Å². The summed E-state index contributed by atoms with van der Waals surface area (Å²) >= 11 is 0. The average Bonchev–Trinajstić information content (AvgIpc) is 2.91. The van der Waals surface area contributed by atoms with E-state index in [0.29, 0.717) is 13.2 Å². The summed E-state index contributed by atoms with van der Waals surface area (Å²) in [5, 5.41) is 7.35. The predicted molar refractivity (Wildman–Crippen MR) is 107 cm³/mol. The van der Waals surface area contributed by atoms with Gasteiger partial charge in [0.15, 0.2) is 5.96 Å². The Morgan fingerprint density at radius 2 is 2.24 bits per heavy atom. The van der Waals surface area contributed by atoms with E-state index in [1.807, 2.05) is 20.8 Å². The summed E-state index contributed by atoms with van der Waals surface area (Å²) in [6, 6.07) is 0. The van der Waals surface area contributed by atoms with Crippen molar-refractivity contribution in [3.63, 3.8) is 0 Å². The van der Waals surface area contributed by atoms with E-state index in [4.69, 9.17) is 9.26 Å². The van der Waals surface area contributed by atoms with E-state index in [2.05, 4.69) is 20.4 Å². The monoisotopic (exact) mass is 464 g/mol. The zero-order valence-electron chi connectivity index (χ0n) is 15.5. The van der Waals surface area contributed by atoms with Gasteiger partial charge in [-0.15, -0.1) is 24.0 Å². The Morgan fingerprint density at radius 3 is 2.84 bits per heavy atom. The smallest absolute Gasteiger partial charge is 0.310 e. The van der Waals surface area contributed by atoms with Crippen LogP contribution in [0.4, 0.5) is 0 Å². The van der Waals surface area contributed by atoms with Crippen LogP contribution in [0.5, 0.6) is 0 Å². The largest absolute Gasteiger partial charge is 0.466 e. The van der Waals surface area contributed by atoms with E-state index >= 15 is 0 Å². The maximum atomic E-state index is 12.0. The van der Waals surface area contributed by atoms with Crippen LogP contribution in [0, 0.1) is 19.8 Å². The van der Waals surface area contributed by atoms with Crippen LogP contribution in [0.3, 0.4) is 0 Å². The molecule has 1 N–H and O–H groups in total. The van der Waals surface area contributed by atoms with Gasteiger partial charge in [-0.3, -0.25) is 9.79 Å². The minimum atomic E-state index is -0.103. The summed E-state index contributed by atoms with van der Waals surface area (Å²) in [6.07, 6.45) is 2.68. The zero-order chi connectivity index (χ0) is 17.5. The number of esters is 1. The van der Waals surface area contributed by atoms with Gasteiger partial charge in [-0.25, -0.2) is 0 Å². The van der Waals surface area contributed by atoms with E-state index in [9.17, 15) is 4.79 Å². The molecule has 0 bridgehead atoms. The number of nitrogens with one attached hydrogen (secondary N) is 1. The minimum absolute atomic E-state index is 0. The number of aliphatic imine (C=N–C) groups is 1. The molecule has 1 aromatic heterocycles. The number of hydrogen-bond acceptors (Lipinski definition) is 5. The lowest BCUT2D eigenvalue weighted by Gasteiger charge is -2.33. The van der Waals surface area contributed by atoms with Crippen molar-refractivity contribution in [3.05, 3.63) is 17.0 Å². The molecule has 7 nitrogen and oxygen atoms in total. The molecule has 1 unspecified atom stereocenters. The molecule has 25 heavy (non-hydrogen) atoms. The molecule has 1 saturated heterocycles. The van der Waals surface area contributed by atoms with E-state index in [1.165, 1.54) is 0 Å². The van der Waals surface area contributed by atoms with Crippen LogP contribution in [0.25, 0.3) is 0 Å². The lowest BCUT2D eigenvalue weighted by Crippen LogP contribution is -2.48. The molecule has 1 atom stereocenters. The van der Waals surface area contributed by atoms with Crippen LogP contribution in [0.2, 0.25) is 0 Å². The summed E-state index contributed by atoms with van der Waals surface area (Å²) in [5.41, 5.74) is 2.07. The highest BCUT2D eigenvalue weighted by Crippen LogP contribution is 2.18. The number of hydrogen-bond donors (Lipinski definition) is 1. The standard InChI is InChI=1S/C17H28N4O3.HI/c1-5-23-16(22)14-7-6-10-21(11-14)17(18-4)19-9-8-15-12(2)20-24-13(15)3;/h14H,5-11H2,1-4H3,(H,18,19);1H. The fourth-order valence-electron chi connectivity index (χ4n) is 3.11. The van der Waals surface area contributed by atoms with E-state index in [1.54, 1.807) is 7.05 Å². The van der Waals surface area contributed by atoms with E-state index in [-0.39, 0.29) is 35.9 Å². The number of piperidine rings is 1. The molecule has 0 saturated carbocycles. The molecule has 0 aliphatic carbocycles. The Balaban J connectivity index is 0.00000312. The molecule has 1 fully saturated rings. The molecule has 0 amide bonds. The first kappa shape index (κ1) is 21.7. The Labute approximate surface area is 166 Å². The molecule has 1 aliphatic heterocycles. The van der Waals surface area contributed by atoms with Gasteiger partial charge in [-0.1, -0.05) is 5.16 Å². The fourth-order valence-corrected chi connectivity index (χ4v) is 3.11. The van der Waals surface area contributed by atoms with Crippen molar-refractivity contribution in [1.29, 1.82) is 0 Å². The molecule has 8 heteroatoms. The number of carbonyl (C=O) groups excluding carboxylic acids is 1. The molecule has 1 aromatic rings. The Bertz CT molecular complexity index is 569. The normalized spacial score (nSPS) is 17.8. The molecule has 0 radical (unpaired) electrons. The Hall–Kier alpha value is -1.32. The molecular formula is C17H29IN4O3. The van der Waals surface area contributed by atoms with Gasteiger partial charge < -0.3 is 19.5 Å². The molecular weight excluding hydrogens is 435 g/mol. The van der Waals surface area contributed by atoms with Crippen LogP contribution in [0.15, 0.2) is 9.52 Å². The van der Waals surface area contributed by atoms with Crippen molar-refractivity contribution in [2.75, 3.05) is 33.3 Å². The van der Waals surface area contributed by atoms with Crippen LogP contribution in [-0.4, -0.2) is 55.3 Å². The first-order valence-corrected chi connectivity index (χ1v) is 8.60. The number of ether oxygens (including phenoxy) is 1. The summed E-state index contributed by atoms with van der Waals surface area (Å²) in [7, 11) is 1.77. The highest BCUT2D eigenvalue weighted by Gasteiger charge is 2.28. The second kappa shape index (κ2) is 10.6. The van der Waals surface area contributed by atoms with Crippen LogP contribution >= 0.6 is 24.0 Å². The SMILES string of the molecule is CCOC(=O)C1CCCN(C(=NC)NCCc2c(C)noc2C)C1.I. The highest BCUT2D eigenvalue weighted by atomic mass is 127. The van der Waals surface area contributed by atoms with Gasteiger partial charge in [0.2, 0.25) is 0 Å². The number of halogens is 1. The summed E-state index contributed by atoms with van der Waals surface area (Å²) < 4.78 is 10.3. The van der Waals surface area contributed by atoms with Crippen LogP contribution in [-0.2, 0) is 16.0 Å². The van der Waals surface area contributed by atoms with E-state index in [0.717, 1.165) is 55.3 Å². The minimum Gasteiger partial charge on any atom is -0.466 e. The summed E-state index contributed by atoms with van der Waals surface area (Å²) in [6.45, 7) is 8.46. The average molecular weight is 464 g/mol. The van der Waals surface area contributed by atoms with E-state index < -0.39 is 0 Å². The highest BCUT2D eigenvalue weighted by molar-refractivity contribution is 14.0. The predicted octanol–water partition coefficient (Wildman–Crippen LogP) is 2.30. The van der Waals surface area contributed by atoms with Crippen molar-refractivity contribution < 1.29 is 14.1 Å². The number of carbonyl (C=O) groups is 1. The van der Waals surface area contributed by atoms with Crippen molar-refractivity contribution in [3.8, 4) is 0 Å². The van der Waals surface area contributed by atoms with Crippen molar-refractivity contribution in [2.24, 2.45) is 10.9 Å². The molecule has 2 rings (SSSR count). The maximum Gasteiger partial charge on any atom is 0.310 e. The van der Waals surface area contributed by atoms with Crippen LogP contribution in [0.1, 0.15) is 36.8 Å². The van der Waals surface area contributed by atoms with Crippen molar-refractivity contribution >= 4 is 35.9 Å². The lowest BCUT2D eigenvalue weighted by molar-refractivity contribution is -0.149. The maximum absolute atomic E-state index is 12.0. The Morgan fingerprint density at radius 1 is 1.48 bits per heavy atom. The molecule has 0 spiro atoms. The molecule has 1 aliphatic rings. The molecule has 0 aromatic carbocycles. The first-order valence-electron chi connectivity index (χ1n) is 8.60. The second-order valence-electron chi connectivity index (χ2n) is 6.06. The summed E-state index contributed by atoms with van der Waals surface area (Å²) in [5.74, 6) is 1.52. The number of nitrogens with zero attached hydrogens (tertiary/aromatic N) is 3. The molecule has 142 valence electrons. The number of rotatable bonds is 5. The Kier molecular flexibility index (Phi) is 9.23. The number of guanidine groups is 1. The lowest BCUT2D eigenvalue weighted by atomic mass is 9.98. The quantitative estimate of drug-likeness (QED) is 0.312. The number of aryl methyl sites for hydroxylation is 2. The van der Waals surface area contributed by atoms with Crippen LogP contribution < -0.4 is 5.32 Å². The summed E-state index contributed by atoms with van der Waals surface area (Å²) in [4.78, 5) is 18.5. The van der Waals surface area contributed by atoms with Gasteiger partial charge in [0, 0.05) is 32.2 Å². The number of likely N-dealkylation sites (tertiary alicyclic amines) is 1. The van der Waals surface area contributed by atoms with Gasteiger partial charge >= 0.3 is 5.97 Å². The number of aromatic nitrogens is 1. The molecule has 2 heterocycles. The first-order chi connectivity index (χ1) is 11.6.